The summed E-state index contributed by atoms with van der Waals surface area (Å²) in [4.78, 5) is 28.6. The van der Waals surface area contributed by atoms with E-state index >= 15 is 0 Å². The smallest absolute Gasteiger partial charge is 0.242 e. The van der Waals surface area contributed by atoms with Crippen molar-refractivity contribution in [3.63, 3.8) is 0 Å². The van der Waals surface area contributed by atoms with Crippen LogP contribution in [0.2, 0.25) is 0 Å². The van der Waals surface area contributed by atoms with E-state index in [1.165, 1.54) is 12.1 Å². The number of hydrogen-bond donors (Lipinski definition) is 1. The van der Waals surface area contributed by atoms with Gasteiger partial charge in [0.15, 0.2) is 0 Å². The van der Waals surface area contributed by atoms with Gasteiger partial charge in [0.2, 0.25) is 11.8 Å². The van der Waals surface area contributed by atoms with Gasteiger partial charge in [0.25, 0.3) is 0 Å². The number of fused-ring (bicyclic) bond motifs is 1. The molecular weight excluding hydrogens is 357 g/mol. The molecule has 1 saturated carbocycles. The number of carbonyl (C=O) groups excluding carboxylic acids is 2. The number of nitrogens with zero attached hydrogens (tertiary/aromatic N) is 2. The highest BCUT2D eigenvalue weighted by molar-refractivity contribution is 5.87. The molecule has 0 bridgehead atoms. The second-order valence-corrected chi connectivity index (χ2v) is 7.81. The summed E-state index contributed by atoms with van der Waals surface area (Å²) in [6.45, 7) is 3.40. The third-order valence-corrected chi connectivity index (χ3v) is 6.22. The number of rotatable bonds is 2. The average molecular weight is 382 g/mol. The summed E-state index contributed by atoms with van der Waals surface area (Å²) in [5, 5.41) is 0. The number of halogens is 2. The second-order valence-electron chi connectivity index (χ2n) is 7.81. The summed E-state index contributed by atoms with van der Waals surface area (Å²) in [5.41, 5.74) is 6.33. The Hall–Kier alpha value is -1.66. The van der Waals surface area contributed by atoms with Gasteiger partial charge in [0.05, 0.1) is 11.6 Å². The van der Waals surface area contributed by atoms with Crippen LogP contribution in [-0.4, -0.2) is 46.8 Å². The summed E-state index contributed by atoms with van der Waals surface area (Å²) in [6.07, 6.45) is 2.52. The molecule has 4 rings (SSSR count). The fourth-order valence-electron chi connectivity index (χ4n) is 4.74. The normalized spacial score (nSPS) is 29.0. The van der Waals surface area contributed by atoms with Crippen LogP contribution in [0.5, 0.6) is 0 Å². The maximum absolute atomic E-state index is 13.7. The van der Waals surface area contributed by atoms with Crippen molar-refractivity contribution >= 4 is 24.2 Å². The van der Waals surface area contributed by atoms with Crippen LogP contribution in [0.3, 0.4) is 0 Å². The SMILES string of the molecule is CC(=O)N1C[C@H]2CN(C(=O)C3(N)CCC3)C[C@H]2[C@H]1c1cccc(F)c1.Cl. The Labute approximate surface area is 159 Å². The first kappa shape index (κ1) is 19.1. The minimum Gasteiger partial charge on any atom is -0.340 e. The van der Waals surface area contributed by atoms with E-state index in [9.17, 15) is 14.0 Å². The zero-order valence-electron chi connectivity index (χ0n) is 14.9. The molecule has 2 aliphatic heterocycles. The molecule has 0 spiro atoms. The lowest BCUT2D eigenvalue weighted by molar-refractivity contribution is -0.139. The number of benzene rings is 1. The van der Waals surface area contributed by atoms with Crippen LogP contribution < -0.4 is 5.73 Å². The van der Waals surface area contributed by atoms with E-state index in [2.05, 4.69) is 0 Å². The van der Waals surface area contributed by atoms with Gasteiger partial charge in [-0.1, -0.05) is 12.1 Å². The molecule has 2 N–H and O–H groups in total. The van der Waals surface area contributed by atoms with Crippen molar-refractivity contribution in [2.45, 2.75) is 37.8 Å². The standard InChI is InChI=1S/C19H24FN3O2.ClH/c1-12(24)23-10-14-9-22(18(25)19(21)6-3-7-19)11-16(14)17(23)13-4-2-5-15(20)8-13;/h2,4-5,8,14,16-17H,3,6-7,9-11,21H2,1H3;1H/t14-,16-,17-;/m1./s1. The molecule has 0 unspecified atom stereocenters. The van der Waals surface area contributed by atoms with Crippen LogP contribution in [0.15, 0.2) is 24.3 Å². The van der Waals surface area contributed by atoms with Crippen molar-refractivity contribution in [1.82, 2.24) is 9.80 Å². The molecule has 1 aliphatic carbocycles. The van der Waals surface area contributed by atoms with Gasteiger partial charge in [-0.2, -0.15) is 0 Å². The third kappa shape index (κ3) is 2.99. The molecule has 0 radical (unpaired) electrons. The van der Waals surface area contributed by atoms with Gasteiger partial charge in [0, 0.05) is 38.4 Å². The van der Waals surface area contributed by atoms with E-state index in [-0.39, 0.29) is 47.9 Å². The number of carbonyl (C=O) groups is 2. The van der Waals surface area contributed by atoms with E-state index in [1.54, 1.807) is 13.0 Å². The molecule has 2 saturated heterocycles. The molecule has 26 heavy (non-hydrogen) atoms. The second kappa shape index (κ2) is 6.82. The predicted molar refractivity (Wildman–Crippen MR) is 98.1 cm³/mol. The Morgan fingerprint density at radius 1 is 1.23 bits per heavy atom. The highest BCUT2D eigenvalue weighted by atomic mass is 35.5. The number of amides is 2. The lowest BCUT2D eigenvalue weighted by Crippen LogP contribution is -2.59. The molecule has 142 valence electrons. The first-order chi connectivity index (χ1) is 11.9. The topological polar surface area (TPSA) is 66.6 Å². The van der Waals surface area contributed by atoms with Crippen LogP contribution in [0.4, 0.5) is 4.39 Å². The Morgan fingerprint density at radius 2 is 1.96 bits per heavy atom. The Bertz CT molecular complexity index is 724. The monoisotopic (exact) mass is 381 g/mol. The number of hydrogen-bond acceptors (Lipinski definition) is 3. The van der Waals surface area contributed by atoms with Crippen LogP contribution in [0.1, 0.15) is 37.8 Å². The van der Waals surface area contributed by atoms with Crippen LogP contribution in [0.25, 0.3) is 0 Å². The fourth-order valence-corrected chi connectivity index (χ4v) is 4.74. The quantitative estimate of drug-likeness (QED) is 0.853. The van der Waals surface area contributed by atoms with Crippen molar-refractivity contribution in [3.8, 4) is 0 Å². The van der Waals surface area contributed by atoms with E-state index in [4.69, 9.17) is 5.73 Å². The van der Waals surface area contributed by atoms with Crippen LogP contribution in [0, 0.1) is 17.7 Å². The zero-order chi connectivity index (χ0) is 17.8. The third-order valence-electron chi connectivity index (χ3n) is 6.22. The summed E-state index contributed by atoms with van der Waals surface area (Å²) >= 11 is 0. The molecule has 3 fully saturated rings. The van der Waals surface area contributed by atoms with E-state index in [1.807, 2.05) is 15.9 Å². The molecule has 3 atom stereocenters. The van der Waals surface area contributed by atoms with Gasteiger partial charge in [0.1, 0.15) is 5.82 Å². The molecule has 1 aromatic rings. The first-order valence-corrected chi connectivity index (χ1v) is 9.00. The zero-order valence-corrected chi connectivity index (χ0v) is 15.7. The van der Waals surface area contributed by atoms with Crippen LogP contribution >= 0.6 is 12.4 Å². The molecule has 2 amide bonds. The maximum atomic E-state index is 13.7. The molecular formula is C19H25ClFN3O2. The minimum absolute atomic E-state index is 0. The summed E-state index contributed by atoms with van der Waals surface area (Å²) < 4.78 is 13.7. The van der Waals surface area contributed by atoms with Gasteiger partial charge >= 0.3 is 0 Å². The largest absolute Gasteiger partial charge is 0.340 e. The van der Waals surface area contributed by atoms with Gasteiger partial charge in [-0.15, -0.1) is 12.4 Å². The average Bonchev–Trinajstić information content (AvgIpc) is 3.09. The highest BCUT2D eigenvalue weighted by Gasteiger charge is 2.52. The van der Waals surface area contributed by atoms with Crippen molar-refractivity contribution in [2.24, 2.45) is 17.6 Å². The van der Waals surface area contributed by atoms with E-state index < -0.39 is 5.54 Å². The van der Waals surface area contributed by atoms with E-state index in [0.29, 0.717) is 19.6 Å². The number of nitrogens with two attached hydrogens (primary N) is 1. The van der Waals surface area contributed by atoms with Crippen LogP contribution in [-0.2, 0) is 9.59 Å². The van der Waals surface area contributed by atoms with Gasteiger partial charge in [-0.25, -0.2) is 4.39 Å². The molecule has 1 aromatic carbocycles. The Morgan fingerprint density at radius 3 is 2.54 bits per heavy atom. The van der Waals surface area contributed by atoms with Gasteiger partial charge < -0.3 is 15.5 Å². The summed E-state index contributed by atoms with van der Waals surface area (Å²) in [7, 11) is 0. The summed E-state index contributed by atoms with van der Waals surface area (Å²) in [5.74, 6) is 0.102. The predicted octanol–water partition coefficient (Wildman–Crippen LogP) is 2.11. The van der Waals surface area contributed by atoms with Gasteiger partial charge in [-0.3, -0.25) is 9.59 Å². The lowest BCUT2D eigenvalue weighted by atomic mass is 9.76. The molecule has 7 heteroatoms. The molecule has 5 nitrogen and oxygen atoms in total. The van der Waals surface area contributed by atoms with Gasteiger partial charge in [-0.05, 0) is 37.0 Å². The molecule has 3 aliphatic rings. The molecule has 0 aromatic heterocycles. The lowest BCUT2D eigenvalue weighted by Gasteiger charge is -2.40. The van der Waals surface area contributed by atoms with E-state index in [0.717, 1.165) is 24.8 Å². The number of likely N-dealkylation sites (tertiary alicyclic amines) is 2. The Balaban J connectivity index is 0.00000196. The fraction of sp³-hybridized carbons (Fsp3) is 0.579. The highest BCUT2D eigenvalue weighted by Crippen LogP contribution is 2.46. The maximum Gasteiger partial charge on any atom is 0.242 e. The molecule has 2 heterocycles. The van der Waals surface area contributed by atoms with Crippen molar-refractivity contribution < 1.29 is 14.0 Å². The van der Waals surface area contributed by atoms with Crippen molar-refractivity contribution in [2.75, 3.05) is 19.6 Å². The van der Waals surface area contributed by atoms with Crippen molar-refractivity contribution in [3.05, 3.63) is 35.6 Å². The Kier molecular flexibility index (Phi) is 5.01. The minimum atomic E-state index is -0.687. The first-order valence-electron chi connectivity index (χ1n) is 9.00. The summed E-state index contributed by atoms with van der Waals surface area (Å²) in [6, 6.07) is 6.28. The van der Waals surface area contributed by atoms with Crippen molar-refractivity contribution in [1.29, 1.82) is 0 Å².